The summed E-state index contributed by atoms with van der Waals surface area (Å²) in [6.07, 6.45) is 1.39. The highest BCUT2D eigenvalue weighted by Gasteiger charge is 2.14. The van der Waals surface area contributed by atoms with E-state index in [0.717, 1.165) is 5.69 Å². The Kier molecular flexibility index (Phi) is 5.96. The minimum Gasteiger partial charge on any atom is -0.497 e. The standard InChI is InChI=1S/C18H18N2O4/c1-23-15-10-8-13(9-11-15)17(21)20-16(18(22)24-2)12-19-14-6-4-3-5-7-14/h3-12,19H,1-2H3,(H,20,21)/b16-12+. The van der Waals surface area contributed by atoms with Crippen LogP contribution in [0.25, 0.3) is 0 Å². The van der Waals surface area contributed by atoms with Gasteiger partial charge in [0.15, 0.2) is 0 Å². The second-order valence-corrected chi connectivity index (χ2v) is 4.74. The van der Waals surface area contributed by atoms with Crippen molar-refractivity contribution in [2.45, 2.75) is 0 Å². The molecular formula is C18H18N2O4. The number of methoxy groups -OCH3 is 2. The number of hydrogen-bond acceptors (Lipinski definition) is 5. The number of para-hydroxylation sites is 1. The summed E-state index contributed by atoms with van der Waals surface area (Å²) in [6, 6.07) is 15.8. The van der Waals surface area contributed by atoms with Gasteiger partial charge in [-0.1, -0.05) is 18.2 Å². The molecule has 2 aromatic rings. The Bertz CT molecular complexity index is 724. The Morgan fingerprint density at radius 2 is 1.62 bits per heavy atom. The maximum absolute atomic E-state index is 12.3. The van der Waals surface area contributed by atoms with Gasteiger partial charge in [-0.3, -0.25) is 4.79 Å². The van der Waals surface area contributed by atoms with Crippen LogP contribution >= 0.6 is 0 Å². The molecule has 6 heteroatoms. The highest BCUT2D eigenvalue weighted by Crippen LogP contribution is 2.12. The van der Waals surface area contributed by atoms with Crippen molar-refractivity contribution in [3.63, 3.8) is 0 Å². The fourth-order valence-corrected chi connectivity index (χ4v) is 1.88. The Morgan fingerprint density at radius 3 is 2.21 bits per heavy atom. The predicted octanol–water partition coefficient (Wildman–Crippen LogP) is 2.55. The third-order valence-electron chi connectivity index (χ3n) is 3.16. The van der Waals surface area contributed by atoms with Crippen LogP contribution in [0.5, 0.6) is 5.75 Å². The van der Waals surface area contributed by atoms with Crippen LogP contribution in [-0.2, 0) is 9.53 Å². The van der Waals surface area contributed by atoms with Gasteiger partial charge in [0, 0.05) is 17.5 Å². The third kappa shape index (κ3) is 4.61. The number of amides is 1. The van der Waals surface area contributed by atoms with Crippen LogP contribution in [0.15, 0.2) is 66.5 Å². The van der Waals surface area contributed by atoms with Gasteiger partial charge in [0.2, 0.25) is 0 Å². The first-order chi connectivity index (χ1) is 11.6. The maximum Gasteiger partial charge on any atom is 0.356 e. The zero-order chi connectivity index (χ0) is 17.4. The van der Waals surface area contributed by atoms with Crippen molar-refractivity contribution in [1.82, 2.24) is 5.32 Å². The van der Waals surface area contributed by atoms with E-state index in [2.05, 4.69) is 10.6 Å². The molecule has 0 aromatic heterocycles. The SMILES string of the molecule is COC(=O)/C(=C\Nc1ccccc1)NC(=O)c1ccc(OC)cc1. The summed E-state index contributed by atoms with van der Waals surface area (Å²) in [7, 11) is 2.79. The second-order valence-electron chi connectivity index (χ2n) is 4.74. The molecule has 0 atom stereocenters. The number of ether oxygens (including phenoxy) is 2. The van der Waals surface area contributed by atoms with Gasteiger partial charge in [0.1, 0.15) is 11.4 Å². The summed E-state index contributed by atoms with van der Waals surface area (Å²) in [5.41, 5.74) is 1.17. The number of benzene rings is 2. The van der Waals surface area contributed by atoms with Crippen molar-refractivity contribution in [3.8, 4) is 5.75 Å². The largest absolute Gasteiger partial charge is 0.497 e. The van der Waals surface area contributed by atoms with Crippen molar-refractivity contribution in [2.24, 2.45) is 0 Å². The van der Waals surface area contributed by atoms with Gasteiger partial charge in [-0.05, 0) is 36.4 Å². The molecule has 0 aliphatic rings. The minimum atomic E-state index is -0.653. The van der Waals surface area contributed by atoms with Crippen molar-refractivity contribution >= 4 is 17.6 Å². The molecule has 0 radical (unpaired) electrons. The van der Waals surface area contributed by atoms with E-state index in [0.29, 0.717) is 11.3 Å². The van der Waals surface area contributed by atoms with Crippen LogP contribution < -0.4 is 15.4 Å². The first kappa shape index (κ1) is 17.1. The van der Waals surface area contributed by atoms with E-state index in [4.69, 9.17) is 9.47 Å². The lowest BCUT2D eigenvalue weighted by Gasteiger charge is -2.09. The summed E-state index contributed by atoms with van der Waals surface area (Å²) in [4.78, 5) is 24.1. The lowest BCUT2D eigenvalue weighted by atomic mass is 10.2. The topological polar surface area (TPSA) is 76.7 Å². The highest BCUT2D eigenvalue weighted by molar-refractivity contribution is 6.01. The van der Waals surface area contributed by atoms with E-state index in [1.165, 1.54) is 13.3 Å². The van der Waals surface area contributed by atoms with Crippen molar-refractivity contribution in [2.75, 3.05) is 19.5 Å². The van der Waals surface area contributed by atoms with Crippen molar-refractivity contribution in [1.29, 1.82) is 0 Å². The first-order valence-electron chi connectivity index (χ1n) is 7.19. The molecule has 0 spiro atoms. The van der Waals surface area contributed by atoms with Gasteiger partial charge < -0.3 is 20.1 Å². The summed E-state index contributed by atoms with van der Waals surface area (Å²) in [6.45, 7) is 0. The number of esters is 1. The number of carbonyl (C=O) groups excluding carboxylic acids is 2. The second kappa shape index (κ2) is 8.38. The fraction of sp³-hybridized carbons (Fsp3) is 0.111. The van der Waals surface area contributed by atoms with Crippen LogP contribution in [0.3, 0.4) is 0 Å². The minimum absolute atomic E-state index is 0.00201. The van der Waals surface area contributed by atoms with E-state index >= 15 is 0 Å². The number of hydrogen-bond donors (Lipinski definition) is 2. The Labute approximate surface area is 140 Å². The van der Waals surface area contributed by atoms with E-state index in [9.17, 15) is 9.59 Å². The third-order valence-corrected chi connectivity index (χ3v) is 3.16. The monoisotopic (exact) mass is 326 g/mol. The van der Waals surface area contributed by atoms with Gasteiger partial charge in [-0.25, -0.2) is 4.79 Å². The molecule has 0 saturated heterocycles. The summed E-state index contributed by atoms with van der Waals surface area (Å²) in [5.74, 6) is -0.439. The zero-order valence-corrected chi connectivity index (χ0v) is 13.4. The molecule has 124 valence electrons. The van der Waals surface area contributed by atoms with E-state index in [1.54, 1.807) is 31.4 Å². The molecule has 2 aromatic carbocycles. The summed E-state index contributed by atoms with van der Waals surface area (Å²) < 4.78 is 9.74. The van der Waals surface area contributed by atoms with E-state index < -0.39 is 11.9 Å². The predicted molar refractivity (Wildman–Crippen MR) is 90.6 cm³/mol. The molecule has 0 saturated carbocycles. The molecule has 0 fully saturated rings. The fourth-order valence-electron chi connectivity index (χ4n) is 1.88. The van der Waals surface area contributed by atoms with Crippen molar-refractivity contribution < 1.29 is 19.1 Å². The molecule has 24 heavy (non-hydrogen) atoms. The zero-order valence-electron chi connectivity index (χ0n) is 13.4. The molecule has 2 rings (SSSR count). The smallest absolute Gasteiger partial charge is 0.356 e. The molecule has 6 nitrogen and oxygen atoms in total. The van der Waals surface area contributed by atoms with Crippen LogP contribution in [0.1, 0.15) is 10.4 Å². The first-order valence-corrected chi connectivity index (χ1v) is 7.19. The summed E-state index contributed by atoms with van der Waals surface area (Å²) in [5, 5.41) is 5.47. The quantitative estimate of drug-likeness (QED) is 0.630. The van der Waals surface area contributed by atoms with Gasteiger partial charge in [0.05, 0.1) is 14.2 Å². The van der Waals surface area contributed by atoms with Gasteiger partial charge in [-0.2, -0.15) is 0 Å². The Balaban J connectivity index is 2.12. The average Bonchev–Trinajstić information content (AvgIpc) is 2.65. The molecule has 0 heterocycles. The molecule has 2 N–H and O–H groups in total. The van der Waals surface area contributed by atoms with Crippen molar-refractivity contribution in [3.05, 3.63) is 72.1 Å². The van der Waals surface area contributed by atoms with Gasteiger partial charge in [-0.15, -0.1) is 0 Å². The Hall–Kier alpha value is -3.28. The number of nitrogens with one attached hydrogen (secondary N) is 2. The highest BCUT2D eigenvalue weighted by atomic mass is 16.5. The Morgan fingerprint density at radius 1 is 0.958 bits per heavy atom. The molecule has 1 amide bonds. The van der Waals surface area contributed by atoms with Gasteiger partial charge in [0.25, 0.3) is 5.91 Å². The van der Waals surface area contributed by atoms with Crippen LogP contribution in [0.4, 0.5) is 5.69 Å². The van der Waals surface area contributed by atoms with Crippen LogP contribution in [0, 0.1) is 0 Å². The molecule has 0 aliphatic carbocycles. The van der Waals surface area contributed by atoms with Gasteiger partial charge >= 0.3 is 5.97 Å². The normalized spacial score (nSPS) is 10.7. The van der Waals surface area contributed by atoms with Crippen LogP contribution in [0.2, 0.25) is 0 Å². The molecule has 0 unspecified atom stereocenters. The molecular weight excluding hydrogens is 308 g/mol. The number of rotatable bonds is 6. The van der Waals surface area contributed by atoms with Crippen LogP contribution in [-0.4, -0.2) is 26.1 Å². The number of carbonyl (C=O) groups is 2. The average molecular weight is 326 g/mol. The lowest BCUT2D eigenvalue weighted by Crippen LogP contribution is -2.28. The molecule has 0 aliphatic heterocycles. The maximum atomic E-state index is 12.3. The number of anilines is 1. The summed E-state index contributed by atoms with van der Waals surface area (Å²) >= 11 is 0. The van der Waals surface area contributed by atoms with E-state index in [1.807, 2.05) is 30.3 Å². The lowest BCUT2D eigenvalue weighted by molar-refractivity contribution is -0.136. The molecule has 0 bridgehead atoms. The van der Waals surface area contributed by atoms with E-state index in [-0.39, 0.29) is 5.70 Å².